The summed E-state index contributed by atoms with van der Waals surface area (Å²) in [6.07, 6.45) is 16.4. The van der Waals surface area contributed by atoms with Gasteiger partial charge in [-0.3, -0.25) is 55.3 Å². The molecule has 17 nitrogen and oxygen atoms in total. The second kappa shape index (κ2) is 17.2. The molecule has 348 valence electrons. The van der Waals surface area contributed by atoms with Gasteiger partial charge < -0.3 is 25.1 Å². The lowest BCUT2D eigenvalue weighted by atomic mass is 9.77. The Morgan fingerprint density at radius 2 is 1.65 bits per heavy atom. The number of likely N-dealkylation sites (tertiary alicyclic amines) is 1. The van der Waals surface area contributed by atoms with Crippen molar-refractivity contribution < 1.29 is 24.3 Å². The predicted molar refractivity (Wildman–Crippen MR) is 245 cm³/mol. The van der Waals surface area contributed by atoms with Crippen molar-refractivity contribution in [3.8, 4) is 0 Å². The van der Waals surface area contributed by atoms with Crippen LogP contribution in [0.2, 0.25) is 0 Å². The van der Waals surface area contributed by atoms with Crippen molar-refractivity contribution in [2.24, 2.45) is 11.3 Å². The number of aromatic nitrogens is 1. The number of rotatable bonds is 6. The van der Waals surface area contributed by atoms with Crippen molar-refractivity contribution in [2.75, 3.05) is 67.5 Å². The predicted octanol–water partition coefficient (Wildman–Crippen LogP) is 2.26. The van der Waals surface area contributed by atoms with Crippen LogP contribution in [-0.2, 0) is 20.9 Å². The average Bonchev–Trinajstić information content (AvgIpc) is 3.96. The fourth-order valence-corrected chi connectivity index (χ4v) is 12.7. The van der Waals surface area contributed by atoms with E-state index in [4.69, 9.17) is 0 Å². The lowest BCUT2D eigenvalue weighted by Crippen LogP contribution is -2.69. The topological polar surface area (TPSA) is 181 Å². The van der Waals surface area contributed by atoms with Crippen LogP contribution in [0.15, 0.2) is 48.7 Å². The Bertz CT molecular complexity index is 2190. The molecule has 10 heterocycles. The van der Waals surface area contributed by atoms with E-state index >= 15 is 0 Å². The largest absolute Gasteiger partial charge is 0.389 e. The number of carbonyl (C=O) groups excluding carboxylic acids is 4. The Kier molecular flexibility index (Phi) is 11.4. The highest BCUT2D eigenvalue weighted by molar-refractivity contribution is 6.05. The van der Waals surface area contributed by atoms with Crippen molar-refractivity contribution in [1.82, 2.24) is 46.1 Å². The number of hydrogen-bond acceptors (Lipinski definition) is 14. The number of piperidine rings is 4. The smallest absolute Gasteiger partial charge is 0.256 e. The SMILES string of the molecule is C[C@@]1(O)CC/C=C\CN2C(=O)C3CNC(Nc4ccc(N5CCC(N6CCC7(CCN(c8cnc9c(c8)C(=O)N(C8CCC(=O)NC8=O)C9)CC7)C6)CC5)cc4)NC3N2C2CCCC1N2. The quantitative estimate of drug-likeness (QED) is 0.184. The minimum atomic E-state index is -0.808. The van der Waals surface area contributed by atoms with Gasteiger partial charge in [0.1, 0.15) is 12.3 Å². The second-order valence-corrected chi connectivity index (χ2v) is 20.6. The molecule has 2 aromatic rings. The summed E-state index contributed by atoms with van der Waals surface area (Å²) in [5, 5.41) is 32.6. The van der Waals surface area contributed by atoms with E-state index in [1.807, 2.05) is 24.2 Å². The number of pyridine rings is 1. The molecule has 0 aliphatic carbocycles. The zero-order chi connectivity index (χ0) is 44.5. The lowest BCUT2D eigenvalue weighted by molar-refractivity contribution is -0.146. The second-order valence-electron chi connectivity index (χ2n) is 20.6. The third-order valence-corrected chi connectivity index (χ3v) is 16.6. The number of aliphatic hydroxyl groups is 1. The molecule has 7 atom stereocenters. The minimum absolute atomic E-state index is 0.0197. The molecule has 7 saturated heterocycles. The van der Waals surface area contributed by atoms with Crippen LogP contribution < -0.4 is 36.4 Å². The van der Waals surface area contributed by atoms with Gasteiger partial charge in [0.05, 0.1) is 60.1 Å². The van der Waals surface area contributed by atoms with E-state index in [-0.39, 0.29) is 54.7 Å². The Morgan fingerprint density at radius 1 is 0.862 bits per heavy atom. The summed E-state index contributed by atoms with van der Waals surface area (Å²) in [4.78, 5) is 65.4. The van der Waals surface area contributed by atoms with Crippen molar-refractivity contribution >= 4 is 40.7 Å². The molecular weight excluding hydrogens is 825 g/mol. The fraction of sp³-hybridized carbons (Fsp3) is 0.646. The van der Waals surface area contributed by atoms with E-state index in [9.17, 15) is 24.3 Å². The molecule has 65 heavy (non-hydrogen) atoms. The molecule has 1 spiro atoms. The third-order valence-electron chi connectivity index (χ3n) is 16.6. The fourth-order valence-electron chi connectivity index (χ4n) is 12.7. The van der Waals surface area contributed by atoms with Gasteiger partial charge in [0, 0.05) is 69.1 Å². The summed E-state index contributed by atoms with van der Waals surface area (Å²) >= 11 is 0. The first-order valence-electron chi connectivity index (χ1n) is 24.5. The molecule has 17 heteroatoms. The van der Waals surface area contributed by atoms with Gasteiger partial charge in [-0.05, 0) is 120 Å². The number of hydrogen-bond donors (Lipinski definition) is 6. The Balaban J connectivity index is 0.653. The highest BCUT2D eigenvalue weighted by atomic mass is 16.3. The number of nitrogens with one attached hydrogen (secondary N) is 5. The number of carbonyl (C=O) groups is 4. The molecule has 9 aliphatic rings. The molecular formula is C48H66N12O5. The molecule has 1 aromatic carbocycles. The Hall–Kier alpha value is -4.65. The van der Waals surface area contributed by atoms with Gasteiger partial charge in [-0.2, -0.15) is 5.01 Å². The van der Waals surface area contributed by atoms with Crippen LogP contribution in [0.1, 0.15) is 100 Å². The molecule has 2 bridgehead atoms. The summed E-state index contributed by atoms with van der Waals surface area (Å²) in [5.74, 6) is -0.914. The van der Waals surface area contributed by atoms with Gasteiger partial charge in [0.15, 0.2) is 0 Å². The number of imide groups is 1. The molecule has 0 saturated carbocycles. The van der Waals surface area contributed by atoms with Gasteiger partial charge >= 0.3 is 0 Å². The van der Waals surface area contributed by atoms with E-state index in [1.54, 1.807) is 4.90 Å². The summed E-state index contributed by atoms with van der Waals surface area (Å²) in [5.41, 5.74) is 4.04. The first kappa shape index (κ1) is 43.0. The average molecular weight is 891 g/mol. The summed E-state index contributed by atoms with van der Waals surface area (Å²) in [7, 11) is 0. The monoisotopic (exact) mass is 891 g/mol. The number of nitrogens with zero attached hydrogens (tertiary/aromatic N) is 7. The number of hydrazine groups is 1. The molecule has 9 aliphatic heterocycles. The van der Waals surface area contributed by atoms with Crippen molar-refractivity contribution in [3.05, 3.63) is 59.9 Å². The Morgan fingerprint density at radius 3 is 2.45 bits per heavy atom. The first-order chi connectivity index (χ1) is 31.5. The maximum absolute atomic E-state index is 13.8. The number of amides is 4. The van der Waals surface area contributed by atoms with Crippen LogP contribution in [0.4, 0.5) is 17.1 Å². The van der Waals surface area contributed by atoms with E-state index in [0.29, 0.717) is 55.2 Å². The third kappa shape index (κ3) is 8.19. The van der Waals surface area contributed by atoms with Gasteiger partial charge in [0.25, 0.3) is 5.91 Å². The highest BCUT2D eigenvalue weighted by Crippen LogP contribution is 2.44. The number of fused-ring (bicyclic) bond motifs is 7. The minimum Gasteiger partial charge on any atom is -0.389 e. The van der Waals surface area contributed by atoms with Crippen molar-refractivity contribution in [1.29, 1.82) is 0 Å². The molecule has 6 unspecified atom stereocenters. The molecule has 11 rings (SSSR count). The lowest BCUT2D eigenvalue weighted by Gasteiger charge is -2.47. The highest BCUT2D eigenvalue weighted by Gasteiger charge is 2.53. The maximum Gasteiger partial charge on any atom is 0.256 e. The van der Waals surface area contributed by atoms with Crippen LogP contribution in [-0.4, -0.2) is 148 Å². The van der Waals surface area contributed by atoms with Crippen LogP contribution in [0.3, 0.4) is 0 Å². The van der Waals surface area contributed by atoms with Crippen LogP contribution >= 0.6 is 0 Å². The van der Waals surface area contributed by atoms with Crippen LogP contribution in [0.5, 0.6) is 0 Å². The summed E-state index contributed by atoms with van der Waals surface area (Å²) in [6, 6.07) is 10.7. The molecule has 7 fully saturated rings. The van der Waals surface area contributed by atoms with Crippen LogP contribution in [0.25, 0.3) is 0 Å². The molecule has 1 aromatic heterocycles. The summed E-state index contributed by atoms with van der Waals surface area (Å²) in [6.45, 7) is 9.62. The van der Waals surface area contributed by atoms with Crippen molar-refractivity contribution in [2.45, 2.75) is 133 Å². The summed E-state index contributed by atoms with van der Waals surface area (Å²) < 4.78 is 0. The van der Waals surface area contributed by atoms with Gasteiger partial charge in [0.2, 0.25) is 17.7 Å². The van der Waals surface area contributed by atoms with E-state index in [1.165, 1.54) is 12.1 Å². The Labute approximate surface area is 381 Å². The first-order valence-corrected chi connectivity index (χ1v) is 24.5. The molecule has 6 N–H and O–H groups in total. The van der Waals surface area contributed by atoms with Gasteiger partial charge in [-0.1, -0.05) is 12.2 Å². The number of benzene rings is 1. The molecule has 4 amide bonds. The number of anilines is 3. The zero-order valence-corrected chi connectivity index (χ0v) is 37.7. The van der Waals surface area contributed by atoms with Crippen LogP contribution in [0, 0.1) is 11.3 Å². The standard InChI is InChI=1S/C48H66N12O5/c1-47(65)16-3-2-4-20-59-45(64)36-28-50-46(54-42(36)60(59)40-7-5-6-39(47)52-40)51-31-8-10-32(11-9-31)55-21-14-33(15-22-55)57-25-19-48(30-57)17-23-56(24-18-48)34-26-35-37(49-27-34)29-58(44(35)63)38-12-13-41(61)53-43(38)62/h2,4,8-11,26-27,33,36,38-40,42,46,50-52,54,65H,3,5-7,12-25,28-30H2,1H3,(H,53,61,62)/b4-2-/t36?,38?,39?,40?,42?,46?,47-/m1/s1. The molecule has 0 radical (unpaired) electrons. The normalized spacial score (nSPS) is 34.0. The van der Waals surface area contributed by atoms with E-state index in [2.05, 4.69) is 87.7 Å². The van der Waals surface area contributed by atoms with Crippen molar-refractivity contribution in [3.63, 3.8) is 0 Å². The number of allylic oxidation sites excluding steroid dienone is 1. The van der Waals surface area contributed by atoms with Gasteiger partial charge in [-0.25, -0.2) is 0 Å². The maximum atomic E-state index is 13.8. The van der Waals surface area contributed by atoms with Gasteiger partial charge in [-0.15, -0.1) is 0 Å². The van der Waals surface area contributed by atoms with E-state index < -0.39 is 17.6 Å². The zero-order valence-electron chi connectivity index (χ0n) is 37.7. The van der Waals surface area contributed by atoms with E-state index in [0.717, 1.165) is 102 Å².